The van der Waals surface area contributed by atoms with Gasteiger partial charge in [0.1, 0.15) is 11.4 Å². The molecule has 0 N–H and O–H groups in total. The van der Waals surface area contributed by atoms with Crippen molar-refractivity contribution < 1.29 is 31.1 Å². The average Bonchev–Trinajstić information content (AvgIpc) is 2.82. The molecule has 0 amide bonds. The molecule has 0 fully saturated rings. The zero-order valence-corrected chi connectivity index (χ0v) is 17.7. The lowest BCUT2D eigenvalue weighted by molar-refractivity contribution is -0.143. The highest BCUT2D eigenvalue weighted by molar-refractivity contribution is 6.05. The quantitative estimate of drug-likeness (QED) is 0.191. The highest BCUT2D eigenvalue weighted by atomic mass is 19.4. The Labute approximate surface area is 194 Å². The molecular formula is C26H14F6N2O. The third kappa shape index (κ3) is 4.49. The van der Waals surface area contributed by atoms with Gasteiger partial charge >= 0.3 is 12.4 Å². The number of nitrogens with zero attached hydrogens (tertiary/aromatic N) is 2. The molecule has 0 radical (unpaired) electrons. The Morgan fingerprint density at radius 2 is 1.11 bits per heavy atom. The molecule has 0 bridgehead atoms. The molecule has 5 aromatic rings. The predicted molar refractivity (Wildman–Crippen MR) is 119 cm³/mol. The van der Waals surface area contributed by atoms with Gasteiger partial charge in [0.05, 0.1) is 11.1 Å². The van der Waals surface area contributed by atoms with E-state index in [1.165, 1.54) is 0 Å². The fraction of sp³-hybridized carbons (Fsp3) is 0.0769. The number of fused-ring (bicyclic) bond motifs is 2. The van der Waals surface area contributed by atoms with Gasteiger partial charge in [0, 0.05) is 16.3 Å². The van der Waals surface area contributed by atoms with Crippen molar-refractivity contribution in [3.8, 4) is 22.9 Å². The fourth-order valence-corrected chi connectivity index (χ4v) is 3.80. The van der Waals surface area contributed by atoms with Crippen LogP contribution in [0, 0.1) is 0 Å². The summed E-state index contributed by atoms with van der Waals surface area (Å²) in [6, 6.07) is 21.1. The van der Waals surface area contributed by atoms with Crippen LogP contribution in [0.2, 0.25) is 0 Å². The van der Waals surface area contributed by atoms with E-state index in [2.05, 4.69) is 10.2 Å². The standard InChI is InChI=1S/C26H14F6N2O/c27-25(28,29)18-12-19(26(30,31)32)14-20(13-18)35-24-22-11-17-9-5-4-8-16(17)10-21(22)23(33-34-24)15-6-2-1-3-7-15/h1-14H. The summed E-state index contributed by atoms with van der Waals surface area (Å²) in [4.78, 5) is 0. The molecule has 1 aromatic heterocycles. The van der Waals surface area contributed by atoms with Crippen molar-refractivity contribution in [1.29, 1.82) is 0 Å². The highest BCUT2D eigenvalue weighted by Crippen LogP contribution is 2.41. The SMILES string of the molecule is FC(F)(F)c1cc(Oc2nnc(-c3ccccc3)c3cc4ccccc4cc23)cc(C(F)(F)F)c1. The topological polar surface area (TPSA) is 35.0 Å². The first-order chi connectivity index (χ1) is 16.6. The van der Waals surface area contributed by atoms with Gasteiger partial charge in [0.25, 0.3) is 0 Å². The summed E-state index contributed by atoms with van der Waals surface area (Å²) in [5, 5.41) is 10.9. The summed E-state index contributed by atoms with van der Waals surface area (Å²) in [5.74, 6) is -0.860. The van der Waals surface area contributed by atoms with Crippen LogP contribution in [-0.4, -0.2) is 10.2 Å². The summed E-state index contributed by atoms with van der Waals surface area (Å²) < 4.78 is 85.3. The number of ether oxygens (including phenoxy) is 1. The number of alkyl halides is 6. The third-order valence-corrected chi connectivity index (χ3v) is 5.44. The Hall–Kier alpha value is -4.14. The first kappa shape index (κ1) is 22.6. The number of benzene rings is 4. The van der Waals surface area contributed by atoms with E-state index in [4.69, 9.17) is 4.74 Å². The van der Waals surface area contributed by atoms with Crippen molar-refractivity contribution in [2.24, 2.45) is 0 Å². The predicted octanol–water partition coefficient (Wildman–Crippen LogP) is 8.28. The van der Waals surface area contributed by atoms with E-state index in [9.17, 15) is 26.3 Å². The van der Waals surface area contributed by atoms with E-state index in [-0.39, 0.29) is 11.9 Å². The molecule has 4 aromatic carbocycles. The van der Waals surface area contributed by atoms with E-state index in [0.29, 0.717) is 28.6 Å². The zero-order valence-electron chi connectivity index (χ0n) is 17.7. The third-order valence-electron chi connectivity index (χ3n) is 5.44. The average molecular weight is 484 g/mol. The summed E-state index contributed by atoms with van der Waals surface area (Å²) in [5.41, 5.74) is -1.72. The molecule has 176 valence electrons. The Kier molecular flexibility index (Phi) is 5.35. The van der Waals surface area contributed by atoms with Crippen LogP contribution < -0.4 is 4.74 Å². The molecule has 0 saturated heterocycles. The fourth-order valence-electron chi connectivity index (χ4n) is 3.80. The van der Waals surface area contributed by atoms with Crippen LogP contribution in [-0.2, 0) is 12.4 Å². The highest BCUT2D eigenvalue weighted by Gasteiger charge is 2.37. The second kappa shape index (κ2) is 8.26. The van der Waals surface area contributed by atoms with Gasteiger partial charge in [-0.25, -0.2) is 0 Å². The van der Waals surface area contributed by atoms with Gasteiger partial charge in [-0.3, -0.25) is 0 Å². The van der Waals surface area contributed by atoms with E-state index < -0.39 is 29.2 Å². The maximum Gasteiger partial charge on any atom is 0.416 e. The number of aromatic nitrogens is 2. The number of hydrogen-bond donors (Lipinski definition) is 0. The van der Waals surface area contributed by atoms with Gasteiger partial charge in [0.15, 0.2) is 0 Å². The van der Waals surface area contributed by atoms with Gasteiger partial charge in [-0.05, 0) is 41.1 Å². The van der Waals surface area contributed by atoms with Crippen molar-refractivity contribution >= 4 is 21.5 Å². The molecule has 0 saturated carbocycles. The van der Waals surface area contributed by atoms with Crippen LogP contribution in [0.15, 0.2) is 84.9 Å². The number of rotatable bonds is 3. The van der Waals surface area contributed by atoms with E-state index >= 15 is 0 Å². The Balaban J connectivity index is 1.71. The molecule has 1 heterocycles. The summed E-state index contributed by atoms with van der Waals surface area (Å²) in [6.07, 6.45) is -10.00. The molecule has 0 aliphatic rings. The van der Waals surface area contributed by atoms with Crippen LogP contribution in [0.3, 0.4) is 0 Å². The van der Waals surface area contributed by atoms with E-state index in [1.807, 2.05) is 60.7 Å². The molecule has 35 heavy (non-hydrogen) atoms. The van der Waals surface area contributed by atoms with E-state index in [1.54, 1.807) is 6.07 Å². The Morgan fingerprint density at radius 1 is 0.571 bits per heavy atom. The molecule has 0 unspecified atom stereocenters. The minimum Gasteiger partial charge on any atom is -0.437 e. The summed E-state index contributed by atoms with van der Waals surface area (Å²) >= 11 is 0. The van der Waals surface area contributed by atoms with Gasteiger partial charge in [-0.1, -0.05) is 54.6 Å². The monoisotopic (exact) mass is 484 g/mol. The van der Waals surface area contributed by atoms with Crippen molar-refractivity contribution in [1.82, 2.24) is 10.2 Å². The second-order valence-electron chi connectivity index (χ2n) is 7.81. The van der Waals surface area contributed by atoms with Crippen LogP contribution in [0.4, 0.5) is 26.3 Å². The lowest BCUT2D eigenvalue weighted by atomic mass is 10.0. The van der Waals surface area contributed by atoms with Crippen LogP contribution in [0.25, 0.3) is 32.8 Å². The first-order valence-electron chi connectivity index (χ1n) is 10.3. The minimum absolute atomic E-state index is 0.0443. The van der Waals surface area contributed by atoms with Gasteiger partial charge in [-0.15, -0.1) is 10.2 Å². The van der Waals surface area contributed by atoms with Crippen LogP contribution >= 0.6 is 0 Å². The van der Waals surface area contributed by atoms with Crippen molar-refractivity contribution in [3.05, 3.63) is 96.1 Å². The van der Waals surface area contributed by atoms with Crippen molar-refractivity contribution in [2.75, 3.05) is 0 Å². The second-order valence-corrected chi connectivity index (χ2v) is 7.81. The summed E-state index contributed by atoms with van der Waals surface area (Å²) in [6.45, 7) is 0. The van der Waals surface area contributed by atoms with Gasteiger partial charge < -0.3 is 4.74 Å². The van der Waals surface area contributed by atoms with E-state index in [0.717, 1.165) is 16.3 Å². The van der Waals surface area contributed by atoms with Crippen LogP contribution in [0.1, 0.15) is 11.1 Å². The molecule has 3 nitrogen and oxygen atoms in total. The lowest BCUT2D eigenvalue weighted by Crippen LogP contribution is -2.11. The van der Waals surface area contributed by atoms with Crippen molar-refractivity contribution in [3.63, 3.8) is 0 Å². The Bertz CT molecular complexity index is 1510. The molecule has 0 spiro atoms. The molecule has 0 atom stereocenters. The summed E-state index contributed by atoms with van der Waals surface area (Å²) in [7, 11) is 0. The lowest BCUT2D eigenvalue weighted by Gasteiger charge is -2.15. The smallest absolute Gasteiger partial charge is 0.416 e. The maximum atomic E-state index is 13.3. The van der Waals surface area contributed by atoms with Gasteiger partial charge in [-0.2, -0.15) is 26.3 Å². The minimum atomic E-state index is -5.00. The van der Waals surface area contributed by atoms with Crippen molar-refractivity contribution in [2.45, 2.75) is 12.4 Å². The number of halogens is 6. The largest absolute Gasteiger partial charge is 0.437 e. The molecule has 9 heteroatoms. The molecular weight excluding hydrogens is 470 g/mol. The Morgan fingerprint density at radius 3 is 1.69 bits per heavy atom. The normalized spacial score (nSPS) is 12.3. The van der Waals surface area contributed by atoms with Crippen LogP contribution in [0.5, 0.6) is 11.6 Å². The molecule has 0 aliphatic heterocycles. The maximum absolute atomic E-state index is 13.3. The molecule has 0 aliphatic carbocycles. The molecule has 5 rings (SSSR count). The number of hydrogen-bond acceptors (Lipinski definition) is 3. The zero-order chi connectivity index (χ0) is 24.8. The first-order valence-corrected chi connectivity index (χ1v) is 10.3. The van der Waals surface area contributed by atoms with Gasteiger partial charge in [0.2, 0.25) is 5.88 Å².